The maximum atomic E-state index is 13.6. The van der Waals surface area contributed by atoms with Gasteiger partial charge in [0.05, 0.1) is 13.5 Å². The Morgan fingerprint density at radius 1 is 1.56 bits per heavy atom. The molecule has 0 heterocycles. The smallest absolute Gasteiger partial charge is 0.307 e. The number of aliphatic carboxylic acids is 1. The molecular weight excluding hydrogens is 211 g/mol. The van der Waals surface area contributed by atoms with Crippen molar-refractivity contribution in [2.75, 3.05) is 7.11 Å². The molecule has 0 atom stereocenters. The molecule has 0 saturated heterocycles. The first-order valence-electron chi connectivity index (χ1n) is 5.20. The first-order chi connectivity index (χ1) is 7.61. The molecule has 1 aliphatic rings. The Hall–Kier alpha value is -1.58. The summed E-state index contributed by atoms with van der Waals surface area (Å²) in [6.07, 6.45) is 1.90. The van der Waals surface area contributed by atoms with Crippen molar-refractivity contribution in [3.63, 3.8) is 0 Å². The van der Waals surface area contributed by atoms with Crippen LogP contribution >= 0.6 is 0 Å². The van der Waals surface area contributed by atoms with E-state index in [1.807, 2.05) is 0 Å². The Labute approximate surface area is 92.9 Å². The van der Waals surface area contributed by atoms with Gasteiger partial charge in [-0.15, -0.1) is 0 Å². The van der Waals surface area contributed by atoms with Crippen LogP contribution in [0.3, 0.4) is 0 Å². The minimum atomic E-state index is -0.981. The number of benzene rings is 1. The van der Waals surface area contributed by atoms with Gasteiger partial charge in [0.15, 0.2) is 11.6 Å². The monoisotopic (exact) mass is 224 g/mol. The molecule has 1 aromatic rings. The van der Waals surface area contributed by atoms with Gasteiger partial charge >= 0.3 is 5.97 Å². The molecule has 2 rings (SSSR count). The van der Waals surface area contributed by atoms with Crippen LogP contribution in [0.15, 0.2) is 12.1 Å². The molecular formula is C12H13FO3. The van der Waals surface area contributed by atoms with Crippen molar-refractivity contribution >= 4 is 5.97 Å². The second kappa shape index (κ2) is 4.12. The van der Waals surface area contributed by atoms with Crippen LogP contribution in [-0.4, -0.2) is 18.2 Å². The minimum Gasteiger partial charge on any atom is -0.493 e. The highest BCUT2D eigenvalue weighted by molar-refractivity contribution is 5.71. The molecule has 1 aliphatic carbocycles. The summed E-state index contributed by atoms with van der Waals surface area (Å²) in [6, 6.07) is 3.19. The molecule has 0 radical (unpaired) electrons. The predicted molar refractivity (Wildman–Crippen MR) is 56.3 cm³/mol. The molecule has 0 amide bonds. The SMILES string of the molecule is COc1c(F)cc(C2CC2)cc1CC(=O)O. The van der Waals surface area contributed by atoms with E-state index in [1.54, 1.807) is 6.07 Å². The van der Waals surface area contributed by atoms with Crippen LogP contribution in [0, 0.1) is 5.82 Å². The summed E-state index contributed by atoms with van der Waals surface area (Å²) in [6.45, 7) is 0. The molecule has 0 spiro atoms. The van der Waals surface area contributed by atoms with Crippen molar-refractivity contribution < 1.29 is 19.0 Å². The minimum absolute atomic E-state index is 0.0480. The van der Waals surface area contributed by atoms with E-state index in [4.69, 9.17) is 9.84 Å². The second-order valence-electron chi connectivity index (χ2n) is 4.04. The molecule has 86 valence electrons. The molecule has 0 bridgehead atoms. The largest absolute Gasteiger partial charge is 0.493 e. The zero-order valence-electron chi connectivity index (χ0n) is 9.00. The van der Waals surface area contributed by atoms with Crippen LogP contribution in [0.25, 0.3) is 0 Å². The van der Waals surface area contributed by atoms with Gasteiger partial charge in [0, 0.05) is 5.56 Å². The number of carbonyl (C=O) groups is 1. The zero-order valence-corrected chi connectivity index (χ0v) is 9.00. The lowest BCUT2D eigenvalue weighted by Crippen LogP contribution is -2.04. The number of methoxy groups -OCH3 is 1. The second-order valence-corrected chi connectivity index (χ2v) is 4.04. The standard InChI is InChI=1S/C12H13FO3/c1-16-12-9(6-11(14)15)4-8(5-10(12)13)7-2-3-7/h4-5,7H,2-3,6H2,1H3,(H,14,15). The van der Waals surface area contributed by atoms with Crippen LogP contribution in [0.5, 0.6) is 5.75 Å². The maximum Gasteiger partial charge on any atom is 0.307 e. The quantitative estimate of drug-likeness (QED) is 0.853. The Bertz CT molecular complexity index is 425. The molecule has 4 heteroatoms. The highest BCUT2D eigenvalue weighted by atomic mass is 19.1. The molecule has 1 aromatic carbocycles. The number of ether oxygens (including phenoxy) is 1. The van der Waals surface area contributed by atoms with Crippen LogP contribution in [-0.2, 0) is 11.2 Å². The average molecular weight is 224 g/mol. The average Bonchev–Trinajstić information content (AvgIpc) is 2.99. The van der Waals surface area contributed by atoms with Gasteiger partial charge in [0.2, 0.25) is 0 Å². The third kappa shape index (κ3) is 2.15. The number of halogens is 1. The Kier molecular flexibility index (Phi) is 2.81. The van der Waals surface area contributed by atoms with Crippen molar-refractivity contribution in [1.82, 2.24) is 0 Å². The molecule has 1 saturated carbocycles. The van der Waals surface area contributed by atoms with Gasteiger partial charge in [-0.3, -0.25) is 4.79 Å². The maximum absolute atomic E-state index is 13.6. The van der Waals surface area contributed by atoms with Crippen LogP contribution in [0.4, 0.5) is 4.39 Å². The van der Waals surface area contributed by atoms with E-state index in [0.29, 0.717) is 11.5 Å². The normalized spacial score (nSPS) is 14.9. The van der Waals surface area contributed by atoms with Gasteiger partial charge < -0.3 is 9.84 Å². The predicted octanol–water partition coefficient (Wildman–Crippen LogP) is 2.34. The van der Waals surface area contributed by atoms with Gasteiger partial charge in [-0.05, 0) is 30.4 Å². The first-order valence-corrected chi connectivity index (χ1v) is 5.20. The van der Waals surface area contributed by atoms with Crippen molar-refractivity contribution in [3.05, 3.63) is 29.1 Å². The number of carboxylic acids is 1. The lowest BCUT2D eigenvalue weighted by Gasteiger charge is -2.10. The Balaban J connectivity index is 2.40. The van der Waals surface area contributed by atoms with E-state index in [-0.39, 0.29) is 12.2 Å². The van der Waals surface area contributed by atoms with E-state index in [9.17, 15) is 9.18 Å². The third-order valence-corrected chi connectivity index (χ3v) is 2.74. The fourth-order valence-corrected chi connectivity index (χ4v) is 1.85. The van der Waals surface area contributed by atoms with Crippen LogP contribution in [0.1, 0.15) is 29.9 Å². The fraction of sp³-hybridized carbons (Fsp3) is 0.417. The number of carboxylic acid groups (broad SMARTS) is 1. The highest BCUT2D eigenvalue weighted by Gasteiger charge is 2.26. The Morgan fingerprint density at radius 2 is 2.25 bits per heavy atom. The summed E-state index contributed by atoms with van der Waals surface area (Å²) in [5, 5.41) is 8.74. The number of rotatable bonds is 4. The topological polar surface area (TPSA) is 46.5 Å². The first kappa shape index (κ1) is 10.9. The summed E-state index contributed by atoms with van der Waals surface area (Å²) in [7, 11) is 1.35. The van der Waals surface area contributed by atoms with E-state index < -0.39 is 11.8 Å². The van der Waals surface area contributed by atoms with Crippen molar-refractivity contribution in [2.24, 2.45) is 0 Å². The molecule has 0 aliphatic heterocycles. The summed E-state index contributed by atoms with van der Waals surface area (Å²) >= 11 is 0. The number of hydrogen-bond acceptors (Lipinski definition) is 2. The summed E-state index contributed by atoms with van der Waals surface area (Å²) in [4.78, 5) is 10.7. The summed E-state index contributed by atoms with van der Waals surface area (Å²) < 4.78 is 18.5. The molecule has 0 unspecified atom stereocenters. The van der Waals surface area contributed by atoms with E-state index in [1.165, 1.54) is 13.2 Å². The van der Waals surface area contributed by atoms with Crippen molar-refractivity contribution in [1.29, 1.82) is 0 Å². The number of hydrogen-bond donors (Lipinski definition) is 1. The molecule has 1 N–H and O–H groups in total. The van der Waals surface area contributed by atoms with Crippen molar-refractivity contribution in [2.45, 2.75) is 25.2 Å². The lowest BCUT2D eigenvalue weighted by atomic mass is 10.0. The molecule has 3 nitrogen and oxygen atoms in total. The van der Waals surface area contributed by atoms with Gasteiger partial charge in [0.1, 0.15) is 0 Å². The van der Waals surface area contributed by atoms with E-state index in [2.05, 4.69) is 0 Å². The third-order valence-electron chi connectivity index (χ3n) is 2.74. The van der Waals surface area contributed by atoms with Gasteiger partial charge in [-0.25, -0.2) is 4.39 Å². The van der Waals surface area contributed by atoms with Gasteiger partial charge in [0.25, 0.3) is 0 Å². The Morgan fingerprint density at radius 3 is 2.75 bits per heavy atom. The molecule has 16 heavy (non-hydrogen) atoms. The fourth-order valence-electron chi connectivity index (χ4n) is 1.85. The van der Waals surface area contributed by atoms with Crippen LogP contribution < -0.4 is 4.74 Å². The molecule has 1 fully saturated rings. The zero-order chi connectivity index (χ0) is 11.7. The van der Waals surface area contributed by atoms with Crippen LogP contribution in [0.2, 0.25) is 0 Å². The van der Waals surface area contributed by atoms with Gasteiger partial charge in [-0.2, -0.15) is 0 Å². The summed E-state index contributed by atoms with van der Waals surface area (Å²) in [5.74, 6) is -1.01. The van der Waals surface area contributed by atoms with E-state index in [0.717, 1.165) is 18.4 Å². The summed E-state index contributed by atoms with van der Waals surface area (Å²) in [5.41, 5.74) is 1.30. The van der Waals surface area contributed by atoms with Gasteiger partial charge in [-0.1, -0.05) is 6.07 Å². The highest BCUT2D eigenvalue weighted by Crippen LogP contribution is 2.42. The van der Waals surface area contributed by atoms with E-state index >= 15 is 0 Å². The van der Waals surface area contributed by atoms with Crippen molar-refractivity contribution in [3.8, 4) is 5.75 Å². The molecule has 0 aromatic heterocycles. The lowest BCUT2D eigenvalue weighted by molar-refractivity contribution is -0.136.